The minimum atomic E-state index is -0.777. The van der Waals surface area contributed by atoms with Gasteiger partial charge in [-0.25, -0.2) is 4.79 Å². The molecule has 1 aromatic rings. The van der Waals surface area contributed by atoms with Crippen LogP contribution in [0.25, 0.3) is 0 Å². The molecular formula is C8H6N2O4. The van der Waals surface area contributed by atoms with Crippen molar-refractivity contribution in [3.63, 3.8) is 0 Å². The predicted molar refractivity (Wildman–Crippen MR) is 44.3 cm³/mol. The Morgan fingerprint density at radius 1 is 1.36 bits per heavy atom. The van der Waals surface area contributed by atoms with Crippen LogP contribution in [-0.4, -0.2) is 17.8 Å². The zero-order chi connectivity index (χ0) is 10.1. The molecule has 1 aliphatic rings. The molecule has 0 radical (unpaired) electrons. The number of barbiturate groups is 1. The smallest absolute Gasteiger partial charge is 0.337 e. The van der Waals surface area contributed by atoms with Crippen LogP contribution >= 0.6 is 0 Å². The zero-order valence-corrected chi connectivity index (χ0v) is 7.02. The molecule has 4 amide bonds. The van der Waals surface area contributed by atoms with E-state index in [1.165, 1.54) is 12.3 Å². The topological polar surface area (TPSA) is 79.6 Å². The van der Waals surface area contributed by atoms with Crippen LogP contribution in [0.1, 0.15) is 6.42 Å². The molecule has 0 aromatic carbocycles. The van der Waals surface area contributed by atoms with Crippen LogP contribution in [0.3, 0.4) is 0 Å². The van der Waals surface area contributed by atoms with Crippen molar-refractivity contribution in [2.45, 2.75) is 6.42 Å². The van der Waals surface area contributed by atoms with Crippen LogP contribution in [0.2, 0.25) is 0 Å². The number of carbonyl (C=O) groups excluding carboxylic acids is 3. The van der Waals surface area contributed by atoms with Gasteiger partial charge in [-0.05, 0) is 6.07 Å². The van der Waals surface area contributed by atoms with Gasteiger partial charge in [0.2, 0.25) is 17.7 Å². The van der Waals surface area contributed by atoms with Crippen molar-refractivity contribution < 1.29 is 18.8 Å². The van der Waals surface area contributed by atoms with Gasteiger partial charge in [0.05, 0.1) is 6.26 Å². The first-order valence-electron chi connectivity index (χ1n) is 3.89. The van der Waals surface area contributed by atoms with Gasteiger partial charge in [-0.15, -0.1) is 0 Å². The standard InChI is InChI=1S/C8H6N2O4/c11-5-4-6(12)10(8(13)9-5)7-2-1-3-14-7/h1-3H,4H2,(H,9,11,13). The molecule has 2 rings (SSSR count). The van der Waals surface area contributed by atoms with Crippen molar-refractivity contribution >= 4 is 23.7 Å². The first-order valence-corrected chi connectivity index (χ1v) is 3.89. The van der Waals surface area contributed by atoms with Crippen molar-refractivity contribution in [1.29, 1.82) is 0 Å². The van der Waals surface area contributed by atoms with Gasteiger partial charge >= 0.3 is 6.03 Å². The van der Waals surface area contributed by atoms with Crippen molar-refractivity contribution in [2.24, 2.45) is 0 Å². The quantitative estimate of drug-likeness (QED) is 0.650. The van der Waals surface area contributed by atoms with E-state index in [-0.39, 0.29) is 12.3 Å². The lowest BCUT2D eigenvalue weighted by Gasteiger charge is -2.21. The highest BCUT2D eigenvalue weighted by Crippen LogP contribution is 2.17. The third-order valence-electron chi connectivity index (χ3n) is 1.74. The Morgan fingerprint density at radius 2 is 2.14 bits per heavy atom. The summed E-state index contributed by atoms with van der Waals surface area (Å²) >= 11 is 0. The first-order chi connectivity index (χ1) is 6.68. The number of hydrogen-bond acceptors (Lipinski definition) is 4. The minimum Gasteiger partial charge on any atom is -0.448 e. The first kappa shape index (κ1) is 8.49. The average molecular weight is 194 g/mol. The summed E-state index contributed by atoms with van der Waals surface area (Å²) < 4.78 is 4.88. The molecule has 6 nitrogen and oxygen atoms in total. The number of carbonyl (C=O) groups is 3. The van der Waals surface area contributed by atoms with Gasteiger partial charge in [0.25, 0.3) is 0 Å². The summed E-state index contributed by atoms with van der Waals surface area (Å²) in [6.45, 7) is 0. The maximum Gasteiger partial charge on any atom is 0.337 e. The number of furan rings is 1. The Balaban J connectivity index is 2.31. The molecule has 1 aliphatic heterocycles. The molecule has 0 bridgehead atoms. The number of nitrogens with one attached hydrogen (secondary N) is 1. The molecule has 0 atom stereocenters. The Kier molecular flexibility index (Phi) is 1.81. The number of anilines is 1. The molecule has 0 spiro atoms. The molecule has 14 heavy (non-hydrogen) atoms. The number of urea groups is 1. The Bertz CT molecular complexity index is 375. The Hall–Kier alpha value is -2.11. The summed E-state index contributed by atoms with van der Waals surface area (Å²) in [5, 5.41) is 2.02. The molecule has 2 heterocycles. The summed E-state index contributed by atoms with van der Waals surface area (Å²) in [4.78, 5) is 34.1. The summed E-state index contributed by atoms with van der Waals surface area (Å²) in [5.74, 6) is -1.07. The van der Waals surface area contributed by atoms with E-state index in [4.69, 9.17) is 4.42 Å². The van der Waals surface area contributed by atoms with E-state index in [0.29, 0.717) is 0 Å². The maximum atomic E-state index is 11.3. The number of rotatable bonds is 1. The SMILES string of the molecule is O=C1CC(=O)N(c2ccco2)C(=O)N1. The fraction of sp³-hybridized carbons (Fsp3) is 0.125. The summed E-state index contributed by atoms with van der Waals surface area (Å²) in [5.41, 5.74) is 0. The third-order valence-corrected chi connectivity index (χ3v) is 1.74. The van der Waals surface area contributed by atoms with E-state index in [2.05, 4.69) is 0 Å². The van der Waals surface area contributed by atoms with Gasteiger partial charge < -0.3 is 4.42 Å². The van der Waals surface area contributed by atoms with Crippen LogP contribution in [-0.2, 0) is 9.59 Å². The van der Waals surface area contributed by atoms with Crippen molar-refractivity contribution in [3.05, 3.63) is 18.4 Å². The molecule has 6 heteroatoms. The van der Waals surface area contributed by atoms with E-state index in [9.17, 15) is 14.4 Å². The number of hydrogen-bond donors (Lipinski definition) is 1. The fourth-order valence-electron chi connectivity index (χ4n) is 1.17. The van der Waals surface area contributed by atoms with Gasteiger partial charge in [-0.2, -0.15) is 4.90 Å². The monoisotopic (exact) mass is 194 g/mol. The number of amides is 4. The van der Waals surface area contributed by atoms with E-state index >= 15 is 0 Å². The second-order valence-corrected chi connectivity index (χ2v) is 2.71. The van der Waals surface area contributed by atoms with Gasteiger partial charge in [0.1, 0.15) is 6.42 Å². The van der Waals surface area contributed by atoms with E-state index in [1.54, 1.807) is 6.07 Å². The summed E-state index contributed by atoms with van der Waals surface area (Å²) in [6, 6.07) is 2.24. The maximum absolute atomic E-state index is 11.3. The highest BCUT2D eigenvalue weighted by Gasteiger charge is 2.33. The normalized spacial score (nSPS) is 17.1. The fourth-order valence-corrected chi connectivity index (χ4v) is 1.17. The van der Waals surface area contributed by atoms with E-state index in [0.717, 1.165) is 4.90 Å². The van der Waals surface area contributed by atoms with Crippen LogP contribution < -0.4 is 10.2 Å². The minimum absolute atomic E-state index is 0.111. The lowest BCUT2D eigenvalue weighted by atomic mass is 10.3. The van der Waals surface area contributed by atoms with Gasteiger partial charge in [0, 0.05) is 6.07 Å². The van der Waals surface area contributed by atoms with Gasteiger partial charge in [-0.3, -0.25) is 14.9 Å². The van der Waals surface area contributed by atoms with Gasteiger partial charge in [-0.1, -0.05) is 0 Å². The highest BCUT2D eigenvalue weighted by molar-refractivity contribution is 6.25. The molecule has 72 valence electrons. The number of imide groups is 2. The Labute approximate surface area is 78.5 Å². The lowest BCUT2D eigenvalue weighted by Crippen LogP contribution is -2.52. The van der Waals surface area contributed by atoms with Crippen LogP contribution in [0.15, 0.2) is 22.8 Å². The Morgan fingerprint density at radius 3 is 2.71 bits per heavy atom. The second kappa shape index (κ2) is 2.99. The third kappa shape index (κ3) is 1.26. The molecule has 0 saturated carbocycles. The molecular weight excluding hydrogens is 188 g/mol. The lowest BCUT2D eigenvalue weighted by molar-refractivity contribution is -0.128. The van der Waals surface area contributed by atoms with Crippen molar-refractivity contribution in [2.75, 3.05) is 4.90 Å². The molecule has 1 saturated heterocycles. The van der Waals surface area contributed by atoms with E-state index < -0.39 is 17.8 Å². The molecule has 1 fully saturated rings. The molecule has 0 unspecified atom stereocenters. The largest absolute Gasteiger partial charge is 0.448 e. The van der Waals surface area contributed by atoms with Crippen LogP contribution in [0.5, 0.6) is 0 Å². The molecule has 1 aromatic heterocycles. The van der Waals surface area contributed by atoms with Crippen LogP contribution in [0.4, 0.5) is 10.7 Å². The van der Waals surface area contributed by atoms with Crippen LogP contribution in [0, 0.1) is 0 Å². The molecule has 1 N–H and O–H groups in total. The highest BCUT2D eigenvalue weighted by atomic mass is 16.4. The predicted octanol–water partition coefficient (Wildman–Crippen LogP) is 0.253. The number of nitrogens with zero attached hydrogens (tertiary/aromatic N) is 1. The summed E-state index contributed by atoms with van der Waals surface area (Å²) in [7, 11) is 0. The summed E-state index contributed by atoms with van der Waals surface area (Å²) in [6.07, 6.45) is 0.999. The van der Waals surface area contributed by atoms with Crippen molar-refractivity contribution in [1.82, 2.24) is 5.32 Å². The molecule has 0 aliphatic carbocycles. The van der Waals surface area contributed by atoms with Crippen molar-refractivity contribution in [3.8, 4) is 0 Å². The van der Waals surface area contributed by atoms with E-state index in [1.807, 2.05) is 5.32 Å². The van der Waals surface area contributed by atoms with Gasteiger partial charge in [0.15, 0.2) is 0 Å². The second-order valence-electron chi connectivity index (χ2n) is 2.71. The zero-order valence-electron chi connectivity index (χ0n) is 7.02. The average Bonchev–Trinajstić information content (AvgIpc) is 2.54.